The maximum atomic E-state index is 10.8. The lowest BCUT2D eigenvalue weighted by molar-refractivity contribution is -0.385. The van der Waals surface area contributed by atoms with E-state index in [4.69, 9.17) is 10.00 Å². The van der Waals surface area contributed by atoms with Crippen LogP contribution in [0.2, 0.25) is 0 Å². The Labute approximate surface area is 109 Å². The van der Waals surface area contributed by atoms with Crippen molar-refractivity contribution in [2.75, 3.05) is 0 Å². The number of aromatic nitrogens is 1. The summed E-state index contributed by atoms with van der Waals surface area (Å²) in [6, 6.07) is 11.4. The molecule has 0 saturated carbocycles. The summed E-state index contributed by atoms with van der Waals surface area (Å²) in [7, 11) is 0. The normalized spacial score (nSPS) is 9.63. The Morgan fingerprint density at radius 2 is 2.11 bits per heavy atom. The summed E-state index contributed by atoms with van der Waals surface area (Å²) < 4.78 is 5.37. The molecule has 0 aliphatic carbocycles. The van der Waals surface area contributed by atoms with E-state index in [-0.39, 0.29) is 18.2 Å². The van der Waals surface area contributed by atoms with Crippen molar-refractivity contribution in [3.05, 3.63) is 63.8 Å². The third-order valence-electron chi connectivity index (χ3n) is 2.44. The van der Waals surface area contributed by atoms with Gasteiger partial charge in [0, 0.05) is 12.3 Å². The number of hydrogen-bond donors (Lipinski definition) is 0. The van der Waals surface area contributed by atoms with Crippen molar-refractivity contribution in [3.8, 4) is 11.9 Å². The van der Waals surface area contributed by atoms with Crippen LogP contribution < -0.4 is 4.74 Å². The molecule has 0 amide bonds. The predicted octanol–water partition coefficient (Wildman–Crippen LogP) is 2.44. The van der Waals surface area contributed by atoms with Crippen LogP contribution in [-0.2, 0) is 6.61 Å². The third-order valence-corrected chi connectivity index (χ3v) is 2.44. The quantitative estimate of drug-likeness (QED) is 0.618. The molecule has 0 aliphatic rings. The van der Waals surface area contributed by atoms with Crippen molar-refractivity contribution < 1.29 is 9.66 Å². The molecule has 0 radical (unpaired) electrons. The topological polar surface area (TPSA) is 89.0 Å². The second-order valence-electron chi connectivity index (χ2n) is 3.64. The van der Waals surface area contributed by atoms with Gasteiger partial charge in [0.1, 0.15) is 18.2 Å². The Bertz CT molecular complexity index is 650. The lowest BCUT2D eigenvalue weighted by atomic mass is 10.2. The van der Waals surface area contributed by atoms with Crippen LogP contribution in [0.15, 0.2) is 42.6 Å². The van der Waals surface area contributed by atoms with Crippen LogP contribution in [0.1, 0.15) is 11.1 Å². The first-order valence-corrected chi connectivity index (χ1v) is 5.42. The number of rotatable bonds is 4. The van der Waals surface area contributed by atoms with E-state index >= 15 is 0 Å². The molecule has 2 aromatic rings. The third kappa shape index (κ3) is 2.84. The van der Waals surface area contributed by atoms with Crippen molar-refractivity contribution in [2.24, 2.45) is 0 Å². The van der Waals surface area contributed by atoms with E-state index in [1.165, 1.54) is 12.3 Å². The van der Waals surface area contributed by atoms with Crippen LogP contribution in [0.5, 0.6) is 5.88 Å². The van der Waals surface area contributed by atoms with Gasteiger partial charge in [-0.25, -0.2) is 4.98 Å². The van der Waals surface area contributed by atoms with Crippen LogP contribution in [0, 0.1) is 21.4 Å². The summed E-state index contributed by atoms with van der Waals surface area (Å²) in [4.78, 5) is 14.3. The summed E-state index contributed by atoms with van der Waals surface area (Å²) in [5.74, 6) is 0.170. The Kier molecular flexibility index (Phi) is 3.69. The van der Waals surface area contributed by atoms with Crippen LogP contribution in [0.3, 0.4) is 0 Å². The first kappa shape index (κ1) is 12.5. The average Bonchev–Trinajstić information content (AvgIpc) is 2.45. The molecule has 0 atom stereocenters. The standard InChI is InChI=1S/C13H9N3O3/c14-8-10-5-3-7-15-13(10)19-9-11-4-1-2-6-12(11)16(17)18/h1-7H,9H2. The highest BCUT2D eigenvalue weighted by Gasteiger charge is 2.13. The highest BCUT2D eigenvalue weighted by molar-refractivity contribution is 5.41. The van der Waals surface area contributed by atoms with E-state index in [0.717, 1.165) is 0 Å². The number of hydrogen-bond acceptors (Lipinski definition) is 5. The maximum absolute atomic E-state index is 10.8. The van der Waals surface area contributed by atoms with Gasteiger partial charge >= 0.3 is 0 Å². The van der Waals surface area contributed by atoms with Crippen LogP contribution in [0.25, 0.3) is 0 Å². The first-order valence-electron chi connectivity index (χ1n) is 5.42. The van der Waals surface area contributed by atoms with Crippen molar-refractivity contribution in [2.45, 2.75) is 6.61 Å². The average molecular weight is 255 g/mol. The van der Waals surface area contributed by atoms with Gasteiger partial charge in [-0.1, -0.05) is 12.1 Å². The van der Waals surface area contributed by atoms with E-state index < -0.39 is 4.92 Å². The van der Waals surface area contributed by atoms with Gasteiger partial charge in [0.2, 0.25) is 5.88 Å². The zero-order valence-corrected chi connectivity index (χ0v) is 9.81. The van der Waals surface area contributed by atoms with Crippen molar-refractivity contribution in [3.63, 3.8) is 0 Å². The van der Waals surface area contributed by atoms with Crippen molar-refractivity contribution in [1.29, 1.82) is 5.26 Å². The van der Waals surface area contributed by atoms with E-state index in [9.17, 15) is 10.1 Å². The maximum Gasteiger partial charge on any atom is 0.276 e. The van der Waals surface area contributed by atoms with E-state index in [1.54, 1.807) is 30.3 Å². The Morgan fingerprint density at radius 1 is 1.32 bits per heavy atom. The van der Waals surface area contributed by atoms with Gasteiger partial charge in [0.25, 0.3) is 5.69 Å². The number of pyridine rings is 1. The molecule has 19 heavy (non-hydrogen) atoms. The van der Waals surface area contributed by atoms with Crippen molar-refractivity contribution >= 4 is 5.69 Å². The highest BCUT2D eigenvalue weighted by atomic mass is 16.6. The van der Waals surface area contributed by atoms with Gasteiger partial charge in [0.05, 0.1) is 10.5 Å². The number of benzene rings is 1. The van der Waals surface area contributed by atoms with Gasteiger partial charge in [-0.2, -0.15) is 5.26 Å². The fourth-order valence-corrected chi connectivity index (χ4v) is 1.55. The largest absolute Gasteiger partial charge is 0.472 e. The summed E-state index contributed by atoms with van der Waals surface area (Å²) in [5.41, 5.74) is 0.708. The zero-order valence-electron chi connectivity index (χ0n) is 9.81. The molecular formula is C13H9N3O3. The zero-order chi connectivity index (χ0) is 13.7. The molecule has 0 bridgehead atoms. The van der Waals surface area contributed by atoms with Gasteiger partial charge in [0.15, 0.2) is 0 Å². The van der Waals surface area contributed by atoms with E-state index in [0.29, 0.717) is 11.1 Å². The molecule has 94 valence electrons. The summed E-state index contributed by atoms with van der Waals surface area (Å²) in [6.45, 7) is -0.0111. The second-order valence-corrected chi connectivity index (χ2v) is 3.64. The molecule has 1 aromatic heterocycles. The van der Waals surface area contributed by atoms with Gasteiger partial charge in [-0.3, -0.25) is 10.1 Å². The monoisotopic (exact) mass is 255 g/mol. The second kappa shape index (κ2) is 5.60. The summed E-state index contributed by atoms with van der Waals surface area (Å²) >= 11 is 0. The van der Waals surface area contributed by atoms with Crippen LogP contribution in [-0.4, -0.2) is 9.91 Å². The number of para-hydroxylation sites is 1. The van der Waals surface area contributed by atoms with E-state index in [1.807, 2.05) is 6.07 Å². The minimum Gasteiger partial charge on any atom is -0.472 e. The minimum absolute atomic E-state index is 0.0111. The number of nitro groups is 1. The smallest absolute Gasteiger partial charge is 0.276 e. The first-order chi connectivity index (χ1) is 9.22. The number of nitrogens with zero attached hydrogens (tertiary/aromatic N) is 3. The Hall–Kier alpha value is -2.94. The molecule has 6 heteroatoms. The van der Waals surface area contributed by atoms with Gasteiger partial charge in [-0.15, -0.1) is 0 Å². The lowest BCUT2D eigenvalue weighted by Crippen LogP contribution is -2.02. The number of nitro benzene ring substituents is 1. The fourth-order valence-electron chi connectivity index (χ4n) is 1.55. The predicted molar refractivity (Wildman–Crippen MR) is 66.4 cm³/mol. The molecule has 0 saturated heterocycles. The molecule has 2 rings (SSSR count). The van der Waals surface area contributed by atoms with E-state index in [2.05, 4.69) is 4.98 Å². The highest BCUT2D eigenvalue weighted by Crippen LogP contribution is 2.20. The molecule has 0 N–H and O–H groups in total. The van der Waals surface area contributed by atoms with Gasteiger partial charge in [-0.05, 0) is 18.2 Å². The molecule has 0 spiro atoms. The molecule has 1 heterocycles. The Balaban J connectivity index is 2.20. The Morgan fingerprint density at radius 3 is 2.84 bits per heavy atom. The summed E-state index contributed by atoms with van der Waals surface area (Å²) in [5, 5.41) is 19.7. The van der Waals surface area contributed by atoms with Crippen LogP contribution in [0.4, 0.5) is 5.69 Å². The molecule has 0 fully saturated rings. The SMILES string of the molecule is N#Cc1cccnc1OCc1ccccc1[N+](=O)[O-]. The molecule has 0 aliphatic heterocycles. The molecule has 6 nitrogen and oxygen atoms in total. The fraction of sp³-hybridized carbons (Fsp3) is 0.0769. The number of ether oxygens (including phenoxy) is 1. The molecular weight excluding hydrogens is 246 g/mol. The van der Waals surface area contributed by atoms with Gasteiger partial charge < -0.3 is 4.74 Å². The summed E-state index contributed by atoms with van der Waals surface area (Å²) in [6.07, 6.45) is 1.50. The molecule has 1 aromatic carbocycles. The number of nitriles is 1. The molecule has 0 unspecified atom stereocenters. The van der Waals surface area contributed by atoms with Crippen LogP contribution >= 0.6 is 0 Å². The minimum atomic E-state index is -0.470. The van der Waals surface area contributed by atoms with Crippen molar-refractivity contribution in [1.82, 2.24) is 4.98 Å². The lowest BCUT2D eigenvalue weighted by Gasteiger charge is -2.06.